The Balaban J connectivity index is 1.74. The van der Waals surface area contributed by atoms with Crippen LogP contribution >= 0.6 is 11.3 Å². The first-order valence-electron chi connectivity index (χ1n) is 7.47. The smallest absolute Gasteiger partial charge is 0.191 e. The van der Waals surface area contributed by atoms with Crippen LogP contribution in [0.15, 0.2) is 46.1 Å². The van der Waals surface area contributed by atoms with Crippen LogP contribution in [0.1, 0.15) is 12.5 Å². The summed E-state index contributed by atoms with van der Waals surface area (Å²) in [6.07, 6.45) is 0.0168. The molecule has 0 amide bonds. The first kappa shape index (κ1) is 17.1. The minimum absolute atomic E-state index is 0.0168. The number of rotatable bonds is 7. The Labute approximate surface area is 141 Å². The predicted molar refractivity (Wildman–Crippen MR) is 95.6 cm³/mol. The van der Waals surface area contributed by atoms with Crippen LogP contribution in [0.5, 0.6) is 11.5 Å². The highest BCUT2D eigenvalue weighted by Crippen LogP contribution is 2.17. The van der Waals surface area contributed by atoms with E-state index in [1.807, 2.05) is 31.2 Å². The predicted octanol–water partition coefficient (Wildman–Crippen LogP) is 2.89. The molecule has 0 saturated carbocycles. The molecule has 6 heteroatoms. The van der Waals surface area contributed by atoms with Gasteiger partial charge in [-0.25, -0.2) is 0 Å². The van der Waals surface area contributed by atoms with Crippen molar-refractivity contribution in [2.75, 3.05) is 20.7 Å². The summed E-state index contributed by atoms with van der Waals surface area (Å²) in [5, 5.41) is 10.7. The molecule has 5 nitrogen and oxygen atoms in total. The van der Waals surface area contributed by atoms with E-state index in [2.05, 4.69) is 32.5 Å². The first-order valence-corrected chi connectivity index (χ1v) is 8.42. The normalized spacial score (nSPS) is 12.6. The standard InChI is InChI=1S/C17H23N3O2S/c1-13(22-16-6-4-15(21-3)5-7-16)10-19-17(18-2)20-11-14-8-9-23-12-14/h4-9,12-13H,10-11H2,1-3H3,(H2,18,19,20). The Kier molecular flexibility index (Phi) is 6.75. The Bertz CT molecular complexity index is 597. The molecule has 0 spiro atoms. The van der Waals surface area contributed by atoms with Crippen molar-refractivity contribution in [3.05, 3.63) is 46.7 Å². The molecule has 0 aliphatic heterocycles. The molecule has 2 aromatic rings. The zero-order valence-electron chi connectivity index (χ0n) is 13.7. The van der Waals surface area contributed by atoms with Crippen molar-refractivity contribution in [2.45, 2.75) is 19.6 Å². The van der Waals surface area contributed by atoms with E-state index < -0.39 is 0 Å². The summed E-state index contributed by atoms with van der Waals surface area (Å²) in [4.78, 5) is 4.21. The molecule has 2 rings (SSSR count). The Morgan fingerprint density at radius 2 is 1.91 bits per heavy atom. The number of ether oxygens (including phenoxy) is 2. The maximum Gasteiger partial charge on any atom is 0.191 e. The summed E-state index contributed by atoms with van der Waals surface area (Å²) >= 11 is 1.69. The van der Waals surface area contributed by atoms with Gasteiger partial charge in [-0.15, -0.1) is 0 Å². The second-order valence-corrected chi connectivity index (χ2v) is 5.82. The monoisotopic (exact) mass is 333 g/mol. The lowest BCUT2D eigenvalue weighted by atomic mass is 10.3. The average molecular weight is 333 g/mol. The van der Waals surface area contributed by atoms with Crippen LogP contribution in [0.3, 0.4) is 0 Å². The largest absolute Gasteiger partial charge is 0.497 e. The molecule has 0 saturated heterocycles. The van der Waals surface area contributed by atoms with Crippen LogP contribution in [-0.2, 0) is 6.54 Å². The maximum absolute atomic E-state index is 5.86. The van der Waals surface area contributed by atoms with Crippen LogP contribution in [0, 0.1) is 0 Å². The van der Waals surface area contributed by atoms with Gasteiger partial charge in [0.05, 0.1) is 13.7 Å². The highest BCUT2D eigenvalue weighted by Gasteiger charge is 2.06. The van der Waals surface area contributed by atoms with Crippen molar-refractivity contribution < 1.29 is 9.47 Å². The Morgan fingerprint density at radius 1 is 1.17 bits per heavy atom. The van der Waals surface area contributed by atoms with Gasteiger partial charge in [-0.2, -0.15) is 11.3 Å². The maximum atomic E-state index is 5.86. The molecule has 1 atom stereocenters. The average Bonchev–Trinajstić information content (AvgIpc) is 3.09. The number of hydrogen-bond acceptors (Lipinski definition) is 4. The van der Waals surface area contributed by atoms with Crippen molar-refractivity contribution >= 4 is 17.3 Å². The van der Waals surface area contributed by atoms with Crippen molar-refractivity contribution in [2.24, 2.45) is 4.99 Å². The molecule has 0 aliphatic carbocycles. The molecule has 0 aliphatic rings. The van der Waals surface area contributed by atoms with Gasteiger partial charge in [-0.1, -0.05) is 0 Å². The summed E-state index contributed by atoms with van der Waals surface area (Å²) < 4.78 is 11.0. The van der Waals surface area contributed by atoms with Gasteiger partial charge in [0.15, 0.2) is 5.96 Å². The van der Waals surface area contributed by atoms with E-state index in [4.69, 9.17) is 9.47 Å². The minimum Gasteiger partial charge on any atom is -0.497 e. The number of thiophene rings is 1. The molecule has 0 fully saturated rings. The van der Waals surface area contributed by atoms with E-state index in [0.717, 1.165) is 24.0 Å². The topological polar surface area (TPSA) is 54.9 Å². The molecule has 23 heavy (non-hydrogen) atoms. The zero-order valence-corrected chi connectivity index (χ0v) is 14.5. The number of hydrogen-bond donors (Lipinski definition) is 2. The van der Waals surface area contributed by atoms with E-state index >= 15 is 0 Å². The van der Waals surface area contributed by atoms with E-state index in [1.165, 1.54) is 5.56 Å². The van der Waals surface area contributed by atoms with Gasteiger partial charge in [0, 0.05) is 13.6 Å². The summed E-state index contributed by atoms with van der Waals surface area (Å²) in [5.74, 6) is 2.41. The fraction of sp³-hybridized carbons (Fsp3) is 0.353. The summed E-state index contributed by atoms with van der Waals surface area (Å²) in [6.45, 7) is 3.44. The molecule has 1 unspecified atom stereocenters. The fourth-order valence-electron chi connectivity index (χ4n) is 1.97. The molecule has 124 valence electrons. The third kappa shape index (κ3) is 5.83. The van der Waals surface area contributed by atoms with Gasteiger partial charge in [-0.3, -0.25) is 4.99 Å². The van der Waals surface area contributed by atoms with Crippen molar-refractivity contribution in [1.82, 2.24) is 10.6 Å². The zero-order chi connectivity index (χ0) is 16.5. The van der Waals surface area contributed by atoms with E-state index in [1.54, 1.807) is 25.5 Å². The molecule has 1 heterocycles. The van der Waals surface area contributed by atoms with Crippen molar-refractivity contribution in [3.63, 3.8) is 0 Å². The van der Waals surface area contributed by atoms with Gasteiger partial charge < -0.3 is 20.1 Å². The van der Waals surface area contributed by atoms with E-state index in [9.17, 15) is 0 Å². The molecule has 1 aromatic carbocycles. The van der Waals surface area contributed by atoms with Crippen LogP contribution in [0.2, 0.25) is 0 Å². The molecular formula is C17H23N3O2S. The Hall–Kier alpha value is -2.21. The second-order valence-electron chi connectivity index (χ2n) is 5.04. The number of guanidine groups is 1. The van der Waals surface area contributed by atoms with Crippen LogP contribution in [0.25, 0.3) is 0 Å². The van der Waals surface area contributed by atoms with E-state index in [0.29, 0.717) is 6.54 Å². The molecule has 1 aromatic heterocycles. The van der Waals surface area contributed by atoms with Crippen LogP contribution in [-0.4, -0.2) is 32.8 Å². The lowest BCUT2D eigenvalue weighted by molar-refractivity contribution is 0.223. The number of nitrogens with zero attached hydrogens (tertiary/aromatic N) is 1. The van der Waals surface area contributed by atoms with Crippen molar-refractivity contribution in [1.29, 1.82) is 0 Å². The Morgan fingerprint density at radius 3 is 2.52 bits per heavy atom. The van der Waals surface area contributed by atoms with Crippen molar-refractivity contribution in [3.8, 4) is 11.5 Å². The molecular weight excluding hydrogens is 310 g/mol. The van der Waals surface area contributed by atoms with Crippen LogP contribution < -0.4 is 20.1 Å². The van der Waals surface area contributed by atoms with Gasteiger partial charge in [-0.05, 0) is 53.6 Å². The minimum atomic E-state index is 0.0168. The molecule has 0 bridgehead atoms. The van der Waals surface area contributed by atoms with Gasteiger partial charge in [0.2, 0.25) is 0 Å². The molecule has 2 N–H and O–H groups in total. The highest BCUT2D eigenvalue weighted by atomic mass is 32.1. The van der Waals surface area contributed by atoms with Crippen LogP contribution in [0.4, 0.5) is 0 Å². The summed E-state index contributed by atoms with van der Waals surface area (Å²) in [6, 6.07) is 9.67. The number of methoxy groups -OCH3 is 1. The quantitative estimate of drug-likeness (QED) is 0.604. The number of nitrogens with one attached hydrogen (secondary N) is 2. The third-order valence-electron chi connectivity index (χ3n) is 3.22. The molecule has 0 radical (unpaired) electrons. The number of benzene rings is 1. The number of aliphatic imine (C=N–C) groups is 1. The third-order valence-corrected chi connectivity index (χ3v) is 3.95. The van der Waals surface area contributed by atoms with Gasteiger partial charge >= 0.3 is 0 Å². The van der Waals surface area contributed by atoms with Gasteiger partial charge in [0.1, 0.15) is 17.6 Å². The second kappa shape index (κ2) is 9.05. The fourth-order valence-corrected chi connectivity index (χ4v) is 2.64. The van der Waals surface area contributed by atoms with E-state index in [-0.39, 0.29) is 6.10 Å². The van der Waals surface area contributed by atoms with Gasteiger partial charge in [0.25, 0.3) is 0 Å². The lowest BCUT2D eigenvalue weighted by Gasteiger charge is -2.17. The highest BCUT2D eigenvalue weighted by molar-refractivity contribution is 7.07. The lowest BCUT2D eigenvalue weighted by Crippen LogP contribution is -2.41. The summed E-state index contributed by atoms with van der Waals surface area (Å²) in [5.41, 5.74) is 1.25. The summed E-state index contributed by atoms with van der Waals surface area (Å²) in [7, 11) is 3.41. The first-order chi connectivity index (χ1) is 11.2. The SMILES string of the molecule is CN=C(NCc1ccsc1)NCC(C)Oc1ccc(OC)cc1.